The number of carbonyl (C=O) groups is 2. The van der Waals surface area contributed by atoms with Crippen LogP contribution in [0.5, 0.6) is 0 Å². The zero-order valence-corrected chi connectivity index (χ0v) is 15.7. The first-order chi connectivity index (χ1) is 12.7. The number of carbonyl (C=O) groups excluding carboxylic acids is 2. The molecule has 0 unspecified atom stereocenters. The van der Waals surface area contributed by atoms with E-state index in [4.69, 9.17) is 0 Å². The Balaban J connectivity index is 1.35. The molecule has 26 heavy (non-hydrogen) atoms. The molecule has 4 rings (SSSR count). The number of amides is 2. The van der Waals surface area contributed by atoms with E-state index < -0.39 is 0 Å². The van der Waals surface area contributed by atoms with E-state index in [1.54, 1.807) is 0 Å². The predicted molar refractivity (Wildman–Crippen MR) is 102 cm³/mol. The van der Waals surface area contributed by atoms with E-state index in [1.165, 1.54) is 12.8 Å². The summed E-state index contributed by atoms with van der Waals surface area (Å²) in [7, 11) is 0. The standard InChI is InChI=1S/C22H30N2O2/c25-20(23-14-6-1-2-7-15-23)18-10-16-24(17-11-18)21(26)22(12-13-22)19-8-4-3-5-9-19/h3-5,8-9,18H,1-2,6-7,10-17H2. The summed E-state index contributed by atoms with van der Waals surface area (Å²) in [5, 5.41) is 0. The van der Waals surface area contributed by atoms with Crippen molar-refractivity contribution in [1.29, 1.82) is 0 Å². The van der Waals surface area contributed by atoms with E-state index in [-0.39, 0.29) is 17.2 Å². The van der Waals surface area contributed by atoms with Crippen LogP contribution in [0.25, 0.3) is 0 Å². The second kappa shape index (κ2) is 7.42. The molecule has 1 aromatic rings. The van der Waals surface area contributed by atoms with Crippen LogP contribution in [0.4, 0.5) is 0 Å². The molecule has 0 radical (unpaired) electrons. The summed E-state index contributed by atoms with van der Waals surface area (Å²) in [4.78, 5) is 30.1. The fourth-order valence-electron chi connectivity index (χ4n) is 4.69. The Kier molecular flexibility index (Phi) is 5.01. The number of benzene rings is 1. The molecule has 4 heteroatoms. The van der Waals surface area contributed by atoms with Gasteiger partial charge in [-0.3, -0.25) is 9.59 Å². The molecule has 2 aliphatic heterocycles. The lowest BCUT2D eigenvalue weighted by Crippen LogP contribution is -2.47. The van der Waals surface area contributed by atoms with Crippen LogP contribution in [0.1, 0.15) is 56.9 Å². The van der Waals surface area contributed by atoms with Crippen molar-refractivity contribution in [2.75, 3.05) is 26.2 Å². The summed E-state index contributed by atoms with van der Waals surface area (Å²) in [5.74, 6) is 0.733. The van der Waals surface area contributed by atoms with Gasteiger partial charge in [0.05, 0.1) is 5.41 Å². The zero-order chi connectivity index (χ0) is 18.0. The molecule has 3 aliphatic rings. The quantitative estimate of drug-likeness (QED) is 0.835. The van der Waals surface area contributed by atoms with Crippen LogP contribution in [0, 0.1) is 5.92 Å². The highest BCUT2D eigenvalue weighted by Crippen LogP contribution is 2.49. The van der Waals surface area contributed by atoms with Crippen molar-refractivity contribution in [2.45, 2.75) is 56.8 Å². The van der Waals surface area contributed by atoms with Gasteiger partial charge in [-0.15, -0.1) is 0 Å². The van der Waals surface area contributed by atoms with E-state index in [2.05, 4.69) is 17.0 Å². The van der Waals surface area contributed by atoms with Crippen LogP contribution in [-0.4, -0.2) is 47.8 Å². The third kappa shape index (κ3) is 3.38. The third-order valence-corrected chi connectivity index (χ3v) is 6.53. The summed E-state index contributed by atoms with van der Waals surface area (Å²) in [6, 6.07) is 10.2. The Bertz CT molecular complexity index is 637. The van der Waals surface area contributed by atoms with Crippen molar-refractivity contribution in [2.24, 2.45) is 5.92 Å². The first-order valence-electron chi connectivity index (χ1n) is 10.3. The molecule has 0 bridgehead atoms. The molecule has 0 atom stereocenters. The van der Waals surface area contributed by atoms with Crippen LogP contribution in [-0.2, 0) is 15.0 Å². The lowest BCUT2D eigenvalue weighted by molar-refractivity contribution is -0.141. The van der Waals surface area contributed by atoms with Crippen molar-refractivity contribution in [3.63, 3.8) is 0 Å². The van der Waals surface area contributed by atoms with Gasteiger partial charge in [0, 0.05) is 32.1 Å². The summed E-state index contributed by atoms with van der Waals surface area (Å²) < 4.78 is 0. The molecule has 2 heterocycles. The number of hydrogen-bond acceptors (Lipinski definition) is 2. The Labute approximate surface area is 156 Å². The molecule has 140 valence electrons. The van der Waals surface area contributed by atoms with E-state index in [0.29, 0.717) is 5.91 Å². The normalized spacial score (nSPS) is 23.4. The van der Waals surface area contributed by atoms with Gasteiger partial charge >= 0.3 is 0 Å². The molecule has 2 amide bonds. The second-order valence-electron chi connectivity index (χ2n) is 8.25. The monoisotopic (exact) mass is 354 g/mol. The fraction of sp³-hybridized carbons (Fsp3) is 0.636. The maximum atomic E-state index is 13.1. The van der Waals surface area contributed by atoms with E-state index >= 15 is 0 Å². The molecule has 0 N–H and O–H groups in total. The fourth-order valence-corrected chi connectivity index (χ4v) is 4.69. The largest absolute Gasteiger partial charge is 0.342 e. The van der Waals surface area contributed by atoms with Gasteiger partial charge in [-0.2, -0.15) is 0 Å². The van der Waals surface area contributed by atoms with Gasteiger partial charge in [0.2, 0.25) is 11.8 Å². The number of likely N-dealkylation sites (tertiary alicyclic amines) is 2. The molecule has 0 spiro atoms. The minimum Gasteiger partial charge on any atom is -0.342 e. The summed E-state index contributed by atoms with van der Waals surface area (Å²) in [5.41, 5.74) is 0.885. The molecular formula is C22H30N2O2. The number of rotatable bonds is 3. The summed E-state index contributed by atoms with van der Waals surface area (Å²) >= 11 is 0. The summed E-state index contributed by atoms with van der Waals surface area (Å²) in [6.45, 7) is 3.32. The van der Waals surface area contributed by atoms with Crippen molar-refractivity contribution in [1.82, 2.24) is 9.80 Å². The van der Waals surface area contributed by atoms with E-state index in [0.717, 1.165) is 70.3 Å². The topological polar surface area (TPSA) is 40.6 Å². The molecule has 0 aromatic heterocycles. The van der Waals surface area contributed by atoms with Gasteiger partial charge in [0.15, 0.2) is 0 Å². The molecule has 1 aliphatic carbocycles. The smallest absolute Gasteiger partial charge is 0.233 e. The van der Waals surface area contributed by atoms with Crippen LogP contribution in [0.2, 0.25) is 0 Å². The highest BCUT2D eigenvalue weighted by atomic mass is 16.2. The maximum Gasteiger partial charge on any atom is 0.233 e. The number of piperidine rings is 1. The summed E-state index contributed by atoms with van der Waals surface area (Å²) in [6.07, 6.45) is 8.35. The maximum absolute atomic E-state index is 13.1. The van der Waals surface area contributed by atoms with Crippen molar-refractivity contribution in [3.8, 4) is 0 Å². The van der Waals surface area contributed by atoms with E-state index in [9.17, 15) is 9.59 Å². The average Bonchev–Trinajstić information content (AvgIpc) is 3.52. The SMILES string of the molecule is O=C(C1CCN(C(=O)C2(c3ccccc3)CC2)CC1)N1CCCCCC1. The van der Waals surface area contributed by atoms with E-state index in [1.807, 2.05) is 23.1 Å². The first kappa shape index (κ1) is 17.6. The first-order valence-corrected chi connectivity index (χ1v) is 10.3. The zero-order valence-electron chi connectivity index (χ0n) is 15.7. The van der Waals surface area contributed by atoms with Crippen LogP contribution in [0.15, 0.2) is 30.3 Å². The molecule has 1 aromatic carbocycles. The van der Waals surface area contributed by atoms with Crippen molar-refractivity contribution in [3.05, 3.63) is 35.9 Å². The van der Waals surface area contributed by atoms with Crippen molar-refractivity contribution < 1.29 is 9.59 Å². The lowest BCUT2D eigenvalue weighted by Gasteiger charge is -2.36. The van der Waals surface area contributed by atoms with Crippen LogP contribution < -0.4 is 0 Å². The molecule has 3 fully saturated rings. The highest BCUT2D eigenvalue weighted by molar-refractivity contribution is 5.91. The molecule has 1 saturated carbocycles. The van der Waals surface area contributed by atoms with Gasteiger partial charge in [-0.25, -0.2) is 0 Å². The second-order valence-corrected chi connectivity index (χ2v) is 8.25. The van der Waals surface area contributed by atoms with Gasteiger partial charge in [0.1, 0.15) is 0 Å². The van der Waals surface area contributed by atoms with Gasteiger partial charge < -0.3 is 9.80 Å². The molecular weight excluding hydrogens is 324 g/mol. The number of hydrogen-bond donors (Lipinski definition) is 0. The van der Waals surface area contributed by atoms with Gasteiger partial charge in [-0.05, 0) is 44.1 Å². The van der Waals surface area contributed by atoms with Crippen molar-refractivity contribution >= 4 is 11.8 Å². The van der Waals surface area contributed by atoms with Crippen LogP contribution >= 0.6 is 0 Å². The lowest BCUT2D eigenvalue weighted by atomic mass is 9.90. The van der Waals surface area contributed by atoms with Gasteiger partial charge in [0.25, 0.3) is 0 Å². The predicted octanol–water partition coefficient (Wildman–Crippen LogP) is 3.36. The Morgan fingerprint density at radius 2 is 1.42 bits per heavy atom. The average molecular weight is 354 g/mol. The minimum absolute atomic E-state index is 0.115. The van der Waals surface area contributed by atoms with Crippen LogP contribution in [0.3, 0.4) is 0 Å². The Morgan fingerprint density at radius 3 is 2.00 bits per heavy atom. The third-order valence-electron chi connectivity index (χ3n) is 6.53. The minimum atomic E-state index is -0.275. The Hall–Kier alpha value is -1.84. The number of nitrogens with zero attached hydrogens (tertiary/aromatic N) is 2. The molecule has 4 nitrogen and oxygen atoms in total. The molecule has 2 saturated heterocycles. The highest BCUT2D eigenvalue weighted by Gasteiger charge is 2.53. The van der Waals surface area contributed by atoms with Gasteiger partial charge in [-0.1, -0.05) is 43.2 Å². The Morgan fingerprint density at radius 1 is 0.808 bits per heavy atom.